The average Bonchev–Trinajstić information content (AvgIpc) is 2.87. The molecule has 3 unspecified atom stereocenters. The van der Waals surface area contributed by atoms with Crippen LogP contribution in [-0.2, 0) is 9.59 Å². The van der Waals surface area contributed by atoms with Crippen molar-refractivity contribution in [1.82, 2.24) is 4.90 Å². The van der Waals surface area contributed by atoms with Crippen molar-refractivity contribution in [2.24, 2.45) is 5.92 Å². The van der Waals surface area contributed by atoms with E-state index in [9.17, 15) is 19.8 Å². The molecule has 35 heavy (non-hydrogen) atoms. The summed E-state index contributed by atoms with van der Waals surface area (Å²) in [5.41, 5.74) is 3.39. The highest BCUT2D eigenvalue weighted by Crippen LogP contribution is 2.36. The average molecular weight is 494 g/mol. The largest absolute Gasteiger partial charge is 0.481 e. The zero-order chi connectivity index (χ0) is 25.4. The van der Waals surface area contributed by atoms with Gasteiger partial charge in [0.1, 0.15) is 0 Å². The van der Waals surface area contributed by atoms with Gasteiger partial charge in [-0.3, -0.25) is 9.59 Å². The number of carboxylic acids is 1. The van der Waals surface area contributed by atoms with Crippen LogP contribution in [0.25, 0.3) is 11.1 Å². The van der Waals surface area contributed by atoms with Crippen LogP contribution in [-0.4, -0.2) is 40.1 Å². The molecule has 0 heterocycles. The van der Waals surface area contributed by atoms with Crippen LogP contribution < -0.4 is 0 Å². The minimum Gasteiger partial charge on any atom is -0.481 e. The van der Waals surface area contributed by atoms with Crippen molar-refractivity contribution in [3.8, 4) is 11.1 Å². The number of carbonyl (C=O) groups excluding carboxylic acids is 1. The monoisotopic (exact) mass is 493 g/mol. The molecule has 6 heteroatoms. The van der Waals surface area contributed by atoms with E-state index < -0.39 is 23.9 Å². The summed E-state index contributed by atoms with van der Waals surface area (Å²) >= 11 is 5.97. The maximum atomic E-state index is 12.9. The lowest BCUT2D eigenvalue weighted by molar-refractivity contribution is -0.144. The first kappa shape index (κ1) is 26.5. The number of aliphatic carboxylic acids is 1. The first-order valence-corrected chi connectivity index (χ1v) is 12.3. The molecular weight excluding hydrogens is 462 g/mol. The zero-order valence-corrected chi connectivity index (χ0v) is 20.9. The summed E-state index contributed by atoms with van der Waals surface area (Å²) in [6.45, 7) is 4.95. The van der Waals surface area contributed by atoms with E-state index in [1.807, 2.05) is 92.7 Å². The minimum atomic E-state index is -1.02. The number of halogens is 1. The number of carbonyl (C=O) groups is 2. The lowest BCUT2D eigenvalue weighted by Crippen LogP contribution is -2.34. The molecule has 184 valence electrons. The summed E-state index contributed by atoms with van der Waals surface area (Å²) in [6, 6.07) is 24.2. The molecule has 3 atom stereocenters. The fourth-order valence-electron chi connectivity index (χ4n) is 4.44. The van der Waals surface area contributed by atoms with Gasteiger partial charge in [0.05, 0.1) is 12.0 Å². The van der Waals surface area contributed by atoms with Crippen LogP contribution in [0.3, 0.4) is 0 Å². The highest BCUT2D eigenvalue weighted by Gasteiger charge is 2.34. The van der Waals surface area contributed by atoms with Crippen molar-refractivity contribution in [1.29, 1.82) is 0 Å². The molecule has 5 nitrogen and oxygen atoms in total. The van der Waals surface area contributed by atoms with Gasteiger partial charge in [-0.25, -0.2) is 0 Å². The Hall–Kier alpha value is -3.15. The number of aliphatic hydroxyl groups excluding tert-OH is 1. The molecule has 0 radical (unpaired) electrons. The van der Waals surface area contributed by atoms with E-state index in [4.69, 9.17) is 11.6 Å². The molecule has 0 aliphatic heterocycles. The van der Waals surface area contributed by atoms with Crippen LogP contribution >= 0.6 is 11.6 Å². The number of amides is 1. The maximum absolute atomic E-state index is 12.9. The summed E-state index contributed by atoms with van der Waals surface area (Å²) in [4.78, 5) is 27.0. The van der Waals surface area contributed by atoms with Crippen LogP contribution in [0.5, 0.6) is 0 Å². The molecule has 3 aromatic carbocycles. The molecule has 3 aromatic rings. The Bertz CT molecular complexity index is 1100. The van der Waals surface area contributed by atoms with Crippen molar-refractivity contribution in [2.75, 3.05) is 13.1 Å². The molecule has 3 rings (SSSR count). The first-order chi connectivity index (χ1) is 16.8. The summed E-state index contributed by atoms with van der Waals surface area (Å²) in [7, 11) is 0. The Morgan fingerprint density at radius 3 is 1.89 bits per heavy atom. The van der Waals surface area contributed by atoms with E-state index in [1.54, 1.807) is 4.90 Å². The molecule has 0 saturated carbocycles. The highest BCUT2D eigenvalue weighted by molar-refractivity contribution is 6.30. The molecule has 1 amide bonds. The van der Waals surface area contributed by atoms with Gasteiger partial charge in [0, 0.05) is 30.5 Å². The molecule has 0 aromatic heterocycles. The number of rotatable bonds is 11. The topological polar surface area (TPSA) is 77.8 Å². The third-order valence-corrected chi connectivity index (χ3v) is 6.74. The highest BCUT2D eigenvalue weighted by atomic mass is 35.5. The van der Waals surface area contributed by atoms with Crippen LogP contribution in [0.15, 0.2) is 78.9 Å². The Balaban J connectivity index is 1.83. The van der Waals surface area contributed by atoms with E-state index in [2.05, 4.69) is 0 Å². The lowest BCUT2D eigenvalue weighted by atomic mass is 9.79. The summed E-state index contributed by atoms with van der Waals surface area (Å²) in [5.74, 6) is -2.59. The van der Waals surface area contributed by atoms with Gasteiger partial charge in [-0.05, 0) is 54.7 Å². The number of nitrogens with zero attached hydrogens (tertiary/aromatic N) is 1. The fraction of sp³-hybridized carbons (Fsp3) is 0.310. The Kier molecular flexibility index (Phi) is 9.47. The van der Waals surface area contributed by atoms with Gasteiger partial charge in [-0.1, -0.05) is 78.3 Å². The molecule has 0 saturated heterocycles. The molecule has 0 fully saturated rings. The van der Waals surface area contributed by atoms with E-state index in [1.165, 1.54) is 0 Å². The number of hydrogen-bond acceptors (Lipinski definition) is 3. The summed E-state index contributed by atoms with van der Waals surface area (Å²) in [6.07, 6.45) is -0.906. The van der Waals surface area contributed by atoms with Crippen LogP contribution in [0.4, 0.5) is 0 Å². The predicted octanol–water partition coefficient (Wildman–Crippen LogP) is 6.17. The standard InChI is InChI=1S/C29H32ClNO4/c1-3-31(4-2)28(33)19-25(22-8-6-5-7-9-22)26(29(34)35)18-27(32)23-12-10-20(11-13-23)21-14-16-24(30)17-15-21/h5-17,25-27,32H,3-4,18-19H2,1-2H3,(H,34,35). The van der Waals surface area contributed by atoms with Crippen LogP contribution in [0.1, 0.15) is 49.8 Å². The van der Waals surface area contributed by atoms with E-state index in [-0.39, 0.29) is 18.7 Å². The van der Waals surface area contributed by atoms with Gasteiger partial charge in [0.25, 0.3) is 0 Å². The smallest absolute Gasteiger partial charge is 0.307 e. The van der Waals surface area contributed by atoms with Gasteiger partial charge in [0.2, 0.25) is 5.91 Å². The van der Waals surface area contributed by atoms with Gasteiger partial charge < -0.3 is 15.1 Å². The minimum absolute atomic E-state index is 0.000710. The van der Waals surface area contributed by atoms with Gasteiger partial charge in [-0.2, -0.15) is 0 Å². The predicted molar refractivity (Wildman–Crippen MR) is 139 cm³/mol. The van der Waals surface area contributed by atoms with Crippen molar-refractivity contribution in [3.05, 3.63) is 95.0 Å². The molecular formula is C29H32ClNO4. The van der Waals surface area contributed by atoms with E-state index >= 15 is 0 Å². The fourth-order valence-corrected chi connectivity index (χ4v) is 4.57. The molecule has 0 aliphatic carbocycles. The van der Waals surface area contributed by atoms with E-state index in [0.29, 0.717) is 23.7 Å². The number of benzene rings is 3. The first-order valence-electron chi connectivity index (χ1n) is 11.9. The Labute approximate surface area is 212 Å². The van der Waals surface area contributed by atoms with E-state index in [0.717, 1.165) is 16.7 Å². The SMILES string of the molecule is CCN(CC)C(=O)CC(c1ccccc1)C(CC(O)c1ccc(-c2ccc(Cl)cc2)cc1)C(=O)O. The lowest BCUT2D eigenvalue weighted by Gasteiger charge is -2.28. The number of carboxylic acid groups (broad SMARTS) is 1. The number of hydrogen-bond donors (Lipinski definition) is 2. The third-order valence-electron chi connectivity index (χ3n) is 6.49. The van der Waals surface area contributed by atoms with Gasteiger partial charge >= 0.3 is 5.97 Å². The second-order valence-electron chi connectivity index (χ2n) is 8.61. The molecule has 0 bridgehead atoms. The molecule has 2 N–H and O–H groups in total. The second kappa shape index (κ2) is 12.5. The van der Waals surface area contributed by atoms with Gasteiger partial charge in [0.15, 0.2) is 0 Å². The summed E-state index contributed by atoms with van der Waals surface area (Å²) < 4.78 is 0. The van der Waals surface area contributed by atoms with Crippen molar-refractivity contribution in [2.45, 2.75) is 38.7 Å². The second-order valence-corrected chi connectivity index (χ2v) is 9.05. The van der Waals surface area contributed by atoms with Crippen molar-refractivity contribution < 1.29 is 19.8 Å². The van der Waals surface area contributed by atoms with Crippen LogP contribution in [0.2, 0.25) is 5.02 Å². The Morgan fingerprint density at radius 2 is 1.37 bits per heavy atom. The molecule has 0 spiro atoms. The van der Waals surface area contributed by atoms with Crippen molar-refractivity contribution in [3.63, 3.8) is 0 Å². The quantitative estimate of drug-likeness (QED) is 0.334. The summed E-state index contributed by atoms with van der Waals surface area (Å²) in [5, 5.41) is 21.8. The van der Waals surface area contributed by atoms with Crippen LogP contribution in [0, 0.1) is 5.92 Å². The third kappa shape index (κ3) is 6.93. The zero-order valence-electron chi connectivity index (χ0n) is 20.1. The Morgan fingerprint density at radius 1 is 0.829 bits per heavy atom. The molecule has 0 aliphatic rings. The number of aliphatic hydroxyl groups is 1. The van der Waals surface area contributed by atoms with Crippen molar-refractivity contribution >= 4 is 23.5 Å². The maximum Gasteiger partial charge on any atom is 0.307 e. The van der Waals surface area contributed by atoms with Gasteiger partial charge in [-0.15, -0.1) is 0 Å². The normalized spacial score (nSPS) is 13.6.